The number of ketones is 1. The fourth-order valence-corrected chi connectivity index (χ4v) is 6.18. The average molecular weight is 593 g/mol. The molecule has 0 spiro atoms. The average Bonchev–Trinajstić information content (AvgIpc) is 3.00. The Kier molecular flexibility index (Phi) is 18.2. The van der Waals surface area contributed by atoms with E-state index in [0.29, 0.717) is 5.56 Å². The first kappa shape index (κ1) is 36.8. The fourth-order valence-electron chi connectivity index (χ4n) is 6.18. The number of carbonyl (C=O) groups excluding carboxylic acids is 1. The van der Waals surface area contributed by atoms with E-state index in [0.717, 1.165) is 28.8 Å². The molecule has 0 heterocycles. The maximum atomic E-state index is 12.6. The molecule has 0 saturated carbocycles. The van der Waals surface area contributed by atoms with E-state index >= 15 is 0 Å². The van der Waals surface area contributed by atoms with Gasteiger partial charge in [0.1, 0.15) is 5.75 Å². The second kappa shape index (κ2) is 21.3. The molecule has 4 nitrogen and oxygen atoms in total. The molecule has 0 aliphatic carbocycles. The molecule has 2 aromatic rings. The summed E-state index contributed by atoms with van der Waals surface area (Å²) >= 11 is 0. The fraction of sp³-hybridized carbons (Fsp3) is 0.615. The summed E-state index contributed by atoms with van der Waals surface area (Å²) in [5, 5.41) is 0. The van der Waals surface area contributed by atoms with E-state index < -0.39 is 0 Å². The zero-order valence-electron chi connectivity index (χ0n) is 28.3. The minimum Gasteiger partial charge on any atom is -0.494 e. The standard InChI is InChI=1S/C39H64N2O2/c1-6-8-9-10-11-12-13-14-20-31-40(3,4)32-23-34-41(5,30-7-2)33-21-15-16-22-35-43-38-28-26-37(27-29-38)39(42)36-24-18-17-19-25-36/h6,17-19,24-29H,1,7-16,20-23,30-35H2,2-5H3/q+2. The van der Waals surface area contributed by atoms with Crippen LogP contribution in [0.4, 0.5) is 0 Å². The molecule has 43 heavy (non-hydrogen) atoms. The van der Waals surface area contributed by atoms with Crippen molar-refractivity contribution in [2.24, 2.45) is 0 Å². The van der Waals surface area contributed by atoms with Gasteiger partial charge >= 0.3 is 0 Å². The Morgan fingerprint density at radius 3 is 1.84 bits per heavy atom. The normalized spacial score (nSPS) is 13.0. The largest absolute Gasteiger partial charge is 0.494 e. The Bertz CT molecular complexity index is 1000. The van der Waals surface area contributed by atoms with Crippen molar-refractivity contribution in [1.29, 1.82) is 0 Å². The first-order chi connectivity index (χ1) is 20.8. The zero-order valence-corrected chi connectivity index (χ0v) is 28.3. The first-order valence-corrected chi connectivity index (χ1v) is 17.4. The van der Waals surface area contributed by atoms with Gasteiger partial charge in [-0.15, -0.1) is 6.58 Å². The first-order valence-electron chi connectivity index (χ1n) is 17.4. The van der Waals surface area contributed by atoms with Crippen molar-refractivity contribution in [3.05, 3.63) is 78.4 Å². The molecule has 4 heteroatoms. The van der Waals surface area contributed by atoms with Crippen LogP contribution in [0.25, 0.3) is 0 Å². The Hall–Kier alpha value is -2.43. The topological polar surface area (TPSA) is 26.3 Å². The number of ether oxygens (including phenoxy) is 1. The minimum absolute atomic E-state index is 0.0513. The monoisotopic (exact) mass is 592 g/mol. The maximum absolute atomic E-state index is 12.6. The maximum Gasteiger partial charge on any atom is 0.193 e. The highest BCUT2D eigenvalue weighted by Gasteiger charge is 2.22. The lowest BCUT2D eigenvalue weighted by Crippen LogP contribution is -2.48. The number of unbranched alkanes of at least 4 members (excludes halogenated alkanes) is 10. The summed E-state index contributed by atoms with van der Waals surface area (Å²) in [5.74, 6) is 0.892. The highest BCUT2D eigenvalue weighted by atomic mass is 16.5. The number of benzene rings is 2. The van der Waals surface area contributed by atoms with E-state index in [2.05, 4.69) is 34.6 Å². The van der Waals surface area contributed by atoms with Crippen molar-refractivity contribution in [1.82, 2.24) is 0 Å². The van der Waals surface area contributed by atoms with Crippen LogP contribution >= 0.6 is 0 Å². The van der Waals surface area contributed by atoms with Crippen LogP contribution in [-0.2, 0) is 0 Å². The second-order valence-electron chi connectivity index (χ2n) is 13.6. The number of quaternary nitrogens is 2. The molecule has 0 N–H and O–H groups in total. The smallest absolute Gasteiger partial charge is 0.193 e. The van der Waals surface area contributed by atoms with Gasteiger partial charge in [0.05, 0.1) is 60.5 Å². The summed E-state index contributed by atoms with van der Waals surface area (Å²) in [6.45, 7) is 13.3. The lowest BCUT2D eigenvalue weighted by molar-refractivity contribution is -0.921. The highest BCUT2D eigenvalue weighted by molar-refractivity contribution is 6.08. The molecule has 2 rings (SSSR count). The molecule has 0 aliphatic rings. The van der Waals surface area contributed by atoms with E-state index in [9.17, 15) is 4.79 Å². The van der Waals surface area contributed by atoms with Crippen molar-refractivity contribution in [2.45, 2.75) is 96.8 Å². The van der Waals surface area contributed by atoms with Crippen LogP contribution in [0, 0.1) is 0 Å². The lowest BCUT2D eigenvalue weighted by Gasteiger charge is -2.36. The van der Waals surface area contributed by atoms with Gasteiger partial charge in [-0.3, -0.25) is 4.79 Å². The van der Waals surface area contributed by atoms with E-state index in [1.165, 1.54) is 121 Å². The highest BCUT2D eigenvalue weighted by Crippen LogP contribution is 2.17. The zero-order chi connectivity index (χ0) is 31.2. The molecule has 1 atom stereocenters. The summed E-state index contributed by atoms with van der Waals surface area (Å²) in [7, 11) is 7.34. The minimum atomic E-state index is 0.0513. The van der Waals surface area contributed by atoms with Gasteiger partial charge in [0, 0.05) is 17.5 Å². The van der Waals surface area contributed by atoms with Crippen molar-refractivity contribution < 1.29 is 18.5 Å². The number of rotatable bonds is 26. The summed E-state index contributed by atoms with van der Waals surface area (Å²) in [6, 6.07) is 17.0. The molecule has 0 aliphatic heterocycles. The molecule has 0 fully saturated rings. The van der Waals surface area contributed by atoms with Crippen LogP contribution in [0.5, 0.6) is 5.75 Å². The SMILES string of the molecule is C=CCCCCCCCCC[N+](C)(C)CCC[N+](C)(CCC)CCCCCCOc1ccc(C(=O)c2ccccc2)cc1. The number of nitrogens with zero attached hydrogens (tertiary/aromatic N) is 2. The van der Waals surface area contributed by atoms with E-state index in [-0.39, 0.29) is 5.78 Å². The third-order valence-corrected chi connectivity index (χ3v) is 8.91. The predicted octanol–water partition coefficient (Wildman–Crippen LogP) is 9.49. The number of allylic oxidation sites excluding steroid dienone is 1. The summed E-state index contributed by atoms with van der Waals surface area (Å²) < 4.78 is 8.34. The quantitative estimate of drug-likeness (QED) is 0.0471. The van der Waals surface area contributed by atoms with Crippen molar-refractivity contribution >= 4 is 5.78 Å². The lowest BCUT2D eigenvalue weighted by atomic mass is 10.0. The second-order valence-corrected chi connectivity index (χ2v) is 13.6. The molecule has 0 aromatic heterocycles. The third kappa shape index (κ3) is 16.3. The summed E-state index contributed by atoms with van der Waals surface area (Å²) in [4.78, 5) is 12.6. The van der Waals surface area contributed by atoms with Gasteiger partial charge in [0.15, 0.2) is 5.78 Å². The van der Waals surface area contributed by atoms with Gasteiger partial charge < -0.3 is 13.7 Å². The molecule has 0 saturated heterocycles. The molecule has 240 valence electrons. The van der Waals surface area contributed by atoms with Crippen LogP contribution in [0.15, 0.2) is 67.3 Å². The van der Waals surface area contributed by atoms with Gasteiger partial charge in [-0.25, -0.2) is 0 Å². The molecule has 0 radical (unpaired) electrons. The van der Waals surface area contributed by atoms with E-state index in [1.807, 2.05) is 60.7 Å². The van der Waals surface area contributed by atoms with Crippen molar-refractivity contribution in [3.63, 3.8) is 0 Å². The van der Waals surface area contributed by atoms with Gasteiger partial charge in [0.25, 0.3) is 0 Å². The number of hydrogen-bond acceptors (Lipinski definition) is 2. The third-order valence-electron chi connectivity index (χ3n) is 8.91. The molecular weight excluding hydrogens is 528 g/mol. The van der Waals surface area contributed by atoms with Crippen LogP contribution in [0.3, 0.4) is 0 Å². The van der Waals surface area contributed by atoms with Gasteiger partial charge in [-0.2, -0.15) is 0 Å². The molecule has 1 unspecified atom stereocenters. The Labute approximate surface area is 265 Å². The van der Waals surface area contributed by atoms with Crippen LogP contribution in [0.2, 0.25) is 0 Å². The molecule has 0 bridgehead atoms. The Morgan fingerprint density at radius 2 is 1.19 bits per heavy atom. The van der Waals surface area contributed by atoms with Crippen LogP contribution in [0.1, 0.15) is 113 Å². The molecule has 0 amide bonds. The number of carbonyl (C=O) groups is 1. The van der Waals surface area contributed by atoms with Gasteiger partial charge in [-0.05, 0) is 82.1 Å². The van der Waals surface area contributed by atoms with E-state index in [1.54, 1.807) is 0 Å². The molecule has 2 aromatic carbocycles. The Morgan fingerprint density at radius 1 is 0.651 bits per heavy atom. The summed E-state index contributed by atoms with van der Waals surface area (Å²) in [6.07, 6.45) is 20.3. The predicted molar refractivity (Wildman–Crippen MR) is 185 cm³/mol. The number of hydrogen-bond donors (Lipinski definition) is 0. The van der Waals surface area contributed by atoms with Gasteiger partial charge in [0.2, 0.25) is 0 Å². The van der Waals surface area contributed by atoms with E-state index in [4.69, 9.17) is 4.74 Å². The van der Waals surface area contributed by atoms with Gasteiger partial charge in [-0.1, -0.05) is 69.0 Å². The summed E-state index contributed by atoms with van der Waals surface area (Å²) in [5.41, 5.74) is 1.42. The van der Waals surface area contributed by atoms with Crippen LogP contribution in [-0.4, -0.2) is 75.2 Å². The Balaban J connectivity index is 1.56. The van der Waals surface area contributed by atoms with Crippen molar-refractivity contribution in [3.8, 4) is 5.75 Å². The molecular formula is C39H64N2O2+2. The van der Waals surface area contributed by atoms with Crippen LogP contribution < -0.4 is 4.74 Å². The van der Waals surface area contributed by atoms with Crippen molar-refractivity contribution in [2.75, 3.05) is 60.5 Å².